The predicted molar refractivity (Wildman–Crippen MR) is 97.6 cm³/mol. The monoisotopic (exact) mass is 321 g/mol. The quantitative estimate of drug-likeness (QED) is 0.207. The molecule has 2 nitrogen and oxygen atoms in total. The fraction of sp³-hybridized carbons (Fsp3) is 0.684. The van der Waals surface area contributed by atoms with Crippen molar-refractivity contribution < 1.29 is 4.79 Å². The lowest BCUT2D eigenvalue weighted by Gasteiger charge is -1.98. The van der Waals surface area contributed by atoms with Gasteiger partial charge in [-0.15, -0.1) is 0 Å². The van der Waals surface area contributed by atoms with Crippen LogP contribution >= 0.6 is 11.8 Å². The molecule has 0 rings (SSSR count). The molecule has 0 atom stereocenters. The SMILES string of the molecule is CCCCC/C=C\C/C=C\CCCCCCCC(=O)SC#N. The van der Waals surface area contributed by atoms with E-state index in [0.717, 1.165) is 37.4 Å². The van der Waals surface area contributed by atoms with E-state index in [1.54, 1.807) is 0 Å². The van der Waals surface area contributed by atoms with E-state index in [0.29, 0.717) is 6.42 Å². The summed E-state index contributed by atoms with van der Waals surface area (Å²) in [5.41, 5.74) is 0. The highest BCUT2D eigenvalue weighted by molar-refractivity contribution is 8.17. The third kappa shape index (κ3) is 17.0. The van der Waals surface area contributed by atoms with Gasteiger partial charge in [0.2, 0.25) is 5.12 Å². The number of nitriles is 1. The Hall–Kier alpha value is -1.01. The molecule has 0 aliphatic carbocycles. The number of thiocyanates is 1. The fourth-order valence-corrected chi connectivity index (χ4v) is 2.53. The van der Waals surface area contributed by atoms with Crippen LogP contribution in [0.15, 0.2) is 24.3 Å². The summed E-state index contributed by atoms with van der Waals surface area (Å²) in [5.74, 6) is 0. The molecular formula is C19H31NOS. The molecular weight excluding hydrogens is 290 g/mol. The lowest BCUT2D eigenvalue weighted by Crippen LogP contribution is -1.89. The van der Waals surface area contributed by atoms with Crippen LogP contribution in [0.4, 0.5) is 0 Å². The van der Waals surface area contributed by atoms with Gasteiger partial charge in [-0.2, -0.15) is 5.26 Å². The second-order valence-corrected chi connectivity index (χ2v) is 6.39. The number of rotatable bonds is 14. The molecule has 124 valence electrons. The normalized spacial score (nSPS) is 11.3. The summed E-state index contributed by atoms with van der Waals surface area (Å²) in [4.78, 5) is 11.1. The van der Waals surface area contributed by atoms with Gasteiger partial charge < -0.3 is 0 Å². The summed E-state index contributed by atoms with van der Waals surface area (Å²) in [6.07, 6.45) is 22.7. The van der Waals surface area contributed by atoms with Gasteiger partial charge >= 0.3 is 0 Å². The number of carbonyl (C=O) groups is 1. The second kappa shape index (κ2) is 18.0. The molecule has 0 heterocycles. The Balaban J connectivity index is 3.24. The average molecular weight is 322 g/mol. The van der Waals surface area contributed by atoms with Gasteiger partial charge in [-0.25, -0.2) is 0 Å². The summed E-state index contributed by atoms with van der Waals surface area (Å²) in [6.45, 7) is 2.24. The van der Waals surface area contributed by atoms with Crippen LogP contribution in [0.5, 0.6) is 0 Å². The number of hydrogen-bond donors (Lipinski definition) is 0. The van der Waals surface area contributed by atoms with Crippen LogP contribution in [0.2, 0.25) is 0 Å². The molecule has 0 aromatic carbocycles. The summed E-state index contributed by atoms with van der Waals surface area (Å²) >= 11 is 0.770. The Morgan fingerprint density at radius 3 is 2.14 bits per heavy atom. The third-order valence-corrected chi connectivity index (χ3v) is 4.01. The van der Waals surface area contributed by atoms with Crippen molar-refractivity contribution in [3.8, 4) is 5.40 Å². The second-order valence-electron chi connectivity index (χ2n) is 5.55. The van der Waals surface area contributed by atoms with E-state index in [-0.39, 0.29) is 5.12 Å². The van der Waals surface area contributed by atoms with Crippen molar-refractivity contribution in [2.45, 2.75) is 84.0 Å². The van der Waals surface area contributed by atoms with Crippen molar-refractivity contribution in [2.24, 2.45) is 0 Å². The summed E-state index contributed by atoms with van der Waals surface area (Å²) < 4.78 is 0. The average Bonchev–Trinajstić information content (AvgIpc) is 2.51. The van der Waals surface area contributed by atoms with E-state index in [1.165, 1.54) is 44.9 Å². The molecule has 0 aliphatic heterocycles. The summed E-state index contributed by atoms with van der Waals surface area (Å²) in [7, 11) is 0. The van der Waals surface area contributed by atoms with Crippen LogP contribution in [0.3, 0.4) is 0 Å². The lowest BCUT2D eigenvalue weighted by molar-refractivity contribution is -0.111. The first-order valence-electron chi connectivity index (χ1n) is 8.70. The number of unbranched alkanes of at least 4 members (excludes halogenated alkanes) is 8. The highest BCUT2D eigenvalue weighted by Crippen LogP contribution is 2.11. The summed E-state index contributed by atoms with van der Waals surface area (Å²) in [5, 5.41) is 10.2. The van der Waals surface area contributed by atoms with E-state index >= 15 is 0 Å². The van der Waals surface area contributed by atoms with Gasteiger partial charge in [0.1, 0.15) is 5.40 Å². The fourth-order valence-electron chi connectivity index (χ4n) is 2.18. The molecule has 0 spiro atoms. The van der Waals surface area contributed by atoms with Gasteiger partial charge in [-0.3, -0.25) is 4.79 Å². The number of allylic oxidation sites excluding steroid dienone is 4. The smallest absolute Gasteiger partial charge is 0.203 e. The van der Waals surface area contributed by atoms with Crippen LogP contribution < -0.4 is 0 Å². The minimum absolute atomic E-state index is 0.00758. The highest BCUT2D eigenvalue weighted by Gasteiger charge is 2.00. The zero-order chi connectivity index (χ0) is 16.3. The van der Waals surface area contributed by atoms with Crippen molar-refractivity contribution >= 4 is 16.9 Å². The number of hydrogen-bond acceptors (Lipinski definition) is 3. The molecule has 22 heavy (non-hydrogen) atoms. The van der Waals surface area contributed by atoms with E-state index in [4.69, 9.17) is 5.26 Å². The molecule has 0 saturated carbocycles. The first-order valence-corrected chi connectivity index (χ1v) is 9.51. The Morgan fingerprint density at radius 2 is 1.50 bits per heavy atom. The molecule has 3 heteroatoms. The first kappa shape index (κ1) is 21.0. The first-order chi connectivity index (χ1) is 10.8. The van der Waals surface area contributed by atoms with Crippen LogP contribution in [-0.4, -0.2) is 5.12 Å². The van der Waals surface area contributed by atoms with Crippen molar-refractivity contribution in [1.82, 2.24) is 0 Å². The zero-order valence-electron chi connectivity index (χ0n) is 14.1. The molecule has 0 N–H and O–H groups in total. The molecule has 0 unspecified atom stereocenters. The highest BCUT2D eigenvalue weighted by atomic mass is 32.2. The standard InChI is InChI=1S/C19H31NOS/c1-2-3-4-5-6-7-8-9-10-11-12-13-14-15-16-17-19(21)22-18-20/h6-7,9-10H,2-5,8,11-17H2,1H3/b7-6-,10-9-. The number of carbonyl (C=O) groups excluding carboxylic acids is 1. The van der Waals surface area contributed by atoms with Crippen LogP contribution in [0, 0.1) is 10.7 Å². The van der Waals surface area contributed by atoms with Gasteiger partial charge in [0.25, 0.3) is 0 Å². The maximum atomic E-state index is 11.1. The Kier molecular flexibility index (Phi) is 17.2. The van der Waals surface area contributed by atoms with Crippen molar-refractivity contribution in [3.63, 3.8) is 0 Å². The number of thioether (sulfide) groups is 1. The van der Waals surface area contributed by atoms with Crippen molar-refractivity contribution in [2.75, 3.05) is 0 Å². The molecule has 0 saturated heterocycles. The topological polar surface area (TPSA) is 40.9 Å². The Bertz CT molecular complexity index is 355. The molecule has 0 fully saturated rings. The molecule has 0 radical (unpaired) electrons. The predicted octanol–water partition coefficient (Wildman–Crippen LogP) is 6.54. The Morgan fingerprint density at radius 1 is 0.909 bits per heavy atom. The van der Waals surface area contributed by atoms with Crippen LogP contribution in [0.1, 0.15) is 84.0 Å². The van der Waals surface area contributed by atoms with Crippen molar-refractivity contribution in [3.05, 3.63) is 24.3 Å². The minimum Gasteiger partial charge on any atom is -0.286 e. The summed E-state index contributed by atoms with van der Waals surface area (Å²) in [6, 6.07) is 0. The molecule has 0 bridgehead atoms. The number of nitrogens with zero attached hydrogens (tertiary/aromatic N) is 1. The van der Waals surface area contributed by atoms with Crippen molar-refractivity contribution in [1.29, 1.82) is 5.26 Å². The minimum atomic E-state index is 0.00758. The molecule has 0 aliphatic rings. The Labute approximate surface area is 141 Å². The molecule has 0 aromatic rings. The van der Waals surface area contributed by atoms with Gasteiger partial charge in [0.05, 0.1) is 0 Å². The maximum Gasteiger partial charge on any atom is 0.203 e. The molecule has 0 amide bonds. The van der Waals surface area contributed by atoms with Crippen LogP contribution in [0.25, 0.3) is 0 Å². The lowest BCUT2D eigenvalue weighted by atomic mass is 10.1. The van der Waals surface area contributed by atoms with Gasteiger partial charge in [0, 0.05) is 18.2 Å². The maximum absolute atomic E-state index is 11.1. The van der Waals surface area contributed by atoms with Crippen LogP contribution in [-0.2, 0) is 4.79 Å². The largest absolute Gasteiger partial charge is 0.286 e. The van der Waals surface area contributed by atoms with Gasteiger partial charge in [-0.05, 0) is 38.5 Å². The zero-order valence-corrected chi connectivity index (χ0v) is 14.9. The van der Waals surface area contributed by atoms with E-state index < -0.39 is 0 Å². The van der Waals surface area contributed by atoms with Gasteiger partial charge in [0.15, 0.2) is 0 Å². The third-order valence-electron chi connectivity index (χ3n) is 3.49. The van der Waals surface area contributed by atoms with Gasteiger partial charge in [-0.1, -0.05) is 63.3 Å². The van der Waals surface area contributed by atoms with E-state index in [2.05, 4.69) is 31.2 Å². The van der Waals surface area contributed by atoms with E-state index in [9.17, 15) is 4.79 Å². The molecule has 0 aromatic heterocycles. The van der Waals surface area contributed by atoms with E-state index in [1.807, 2.05) is 5.40 Å².